The monoisotopic (exact) mass is 406 g/mol. The predicted octanol–water partition coefficient (Wildman–Crippen LogP) is 3.45. The Morgan fingerprint density at radius 2 is 1.86 bits per heavy atom. The van der Waals surface area contributed by atoms with Crippen LogP contribution in [0.2, 0.25) is 0 Å². The van der Waals surface area contributed by atoms with Crippen LogP contribution < -0.4 is 0 Å². The van der Waals surface area contributed by atoms with E-state index in [1.165, 1.54) is 17.2 Å². The lowest BCUT2D eigenvalue weighted by Crippen LogP contribution is -2.44. The summed E-state index contributed by atoms with van der Waals surface area (Å²) in [6.45, 7) is 2.77. The molecule has 2 aromatic rings. The average Bonchev–Trinajstić information content (AvgIpc) is 2.96. The lowest BCUT2D eigenvalue weighted by molar-refractivity contribution is 0.0165. The van der Waals surface area contributed by atoms with Crippen molar-refractivity contribution in [1.82, 2.24) is 9.21 Å². The van der Waals surface area contributed by atoms with E-state index in [0.29, 0.717) is 13.1 Å². The minimum atomic E-state index is -3.97. The maximum atomic E-state index is 14.2. The minimum Gasteiger partial charge on any atom is -0.297 e. The zero-order valence-electron chi connectivity index (χ0n) is 15.8. The van der Waals surface area contributed by atoms with Gasteiger partial charge < -0.3 is 0 Å². The van der Waals surface area contributed by atoms with E-state index in [2.05, 4.69) is 11.0 Å². The van der Waals surface area contributed by atoms with Gasteiger partial charge in [0.2, 0.25) is 10.0 Å². The molecule has 0 saturated carbocycles. The second-order valence-corrected chi connectivity index (χ2v) is 9.73. The van der Waals surface area contributed by atoms with E-state index in [4.69, 9.17) is 0 Å². The Hall–Kier alpha value is -1.83. The number of rotatable bonds is 4. The van der Waals surface area contributed by atoms with Gasteiger partial charge in [-0.25, -0.2) is 17.2 Å². The number of halogens is 2. The molecule has 0 amide bonds. The van der Waals surface area contributed by atoms with Gasteiger partial charge in [-0.1, -0.05) is 36.4 Å². The average molecular weight is 406 g/mol. The van der Waals surface area contributed by atoms with Gasteiger partial charge in [-0.2, -0.15) is 4.31 Å². The summed E-state index contributed by atoms with van der Waals surface area (Å²) < 4.78 is 55.7. The Bertz CT molecular complexity index is 978. The molecule has 0 radical (unpaired) electrons. The van der Waals surface area contributed by atoms with E-state index in [9.17, 15) is 17.2 Å². The van der Waals surface area contributed by atoms with E-state index in [0.717, 1.165) is 22.8 Å². The lowest BCUT2D eigenvalue weighted by atomic mass is 9.99. The molecule has 2 aliphatic rings. The highest BCUT2D eigenvalue weighted by Gasteiger charge is 2.50. The van der Waals surface area contributed by atoms with Crippen molar-refractivity contribution in [3.8, 4) is 0 Å². The van der Waals surface area contributed by atoms with Crippen LogP contribution in [0.5, 0.6) is 0 Å². The molecule has 0 bridgehead atoms. The number of aryl methyl sites for hydroxylation is 1. The molecule has 2 heterocycles. The van der Waals surface area contributed by atoms with Gasteiger partial charge in [0, 0.05) is 32.1 Å². The molecule has 28 heavy (non-hydrogen) atoms. The molecule has 2 aromatic carbocycles. The summed E-state index contributed by atoms with van der Waals surface area (Å²) in [5.41, 5.74) is 3.25. The molecule has 1 atom stereocenters. The van der Waals surface area contributed by atoms with Gasteiger partial charge in [-0.15, -0.1) is 0 Å². The van der Waals surface area contributed by atoms with Crippen LogP contribution in [0.15, 0.2) is 53.4 Å². The summed E-state index contributed by atoms with van der Waals surface area (Å²) in [6.07, 6.45) is 0.417. The molecule has 1 fully saturated rings. The smallest absolute Gasteiger partial charge is 0.263 e. The number of fused-ring (bicyclic) bond motifs is 1. The third-order valence-electron chi connectivity index (χ3n) is 5.60. The highest BCUT2D eigenvalue weighted by Crippen LogP contribution is 2.37. The van der Waals surface area contributed by atoms with E-state index in [-0.39, 0.29) is 4.90 Å². The van der Waals surface area contributed by atoms with E-state index in [1.54, 1.807) is 25.1 Å². The maximum Gasteiger partial charge on any atom is 0.263 e. The fourth-order valence-corrected chi connectivity index (χ4v) is 5.97. The zero-order valence-corrected chi connectivity index (χ0v) is 16.6. The van der Waals surface area contributed by atoms with Gasteiger partial charge >= 0.3 is 0 Å². The van der Waals surface area contributed by atoms with Crippen LogP contribution in [0.3, 0.4) is 0 Å². The van der Waals surface area contributed by atoms with Crippen molar-refractivity contribution in [1.29, 1.82) is 0 Å². The number of benzene rings is 2. The molecule has 0 aromatic heterocycles. The quantitative estimate of drug-likeness (QED) is 0.781. The van der Waals surface area contributed by atoms with E-state index < -0.39 is 35.0 Å². The van der Waals surface area contributed by atoms with Crippen molar-refractivity contribution in [3.05, 3.63) is 65.2 Å². The summed E-state index contributed by atoms with van der Waals surface area (Å²) >= 11 is 0. The summed E-state index contributed by atoms with van der Waals surface area (Å²) in [4.78, 5) is 2.17. The Balaban J connectivity index is 1.57. The van der Waals surface area contributed by atoms with Gasteiger partial charge in [-0.3, -0.25) is 4.90 Å². The largest absolute Gasteiger partial charge is 0.297 e. The first-order valence-electron chi connectivity index (χ1n) is 9.50. The Morgan fingerprint density at radius 1 is 1.11 bits per heavy atom. The molecule has 1 saturated heterocycles. The van der Waals surface area contributed by atoms with Gasteiger partial charge in [0.1, 0.15) is 0 Å². The van der Waals surface area contributed by atoms with Crippen LogP contribution in [0.25, 0.3) is 0 Å². The highest BCUT2D eigenvalue weighted by atomic mass is 32.2. The van der Waals surface area contributed by atoms with Gasteiger partial charge in [0.25, 0.3) is 5.92 Å². The summed E-state index contributed by atoms with van der Waals surface area (Å²) in [6, 6.07) is 13.8. The third kappa shape index (κ3) is 3.83. The summed E-state index contributed by atoms with van der Waals surface area (Å²) in [5, 5.41) is 0. The van der Waals surface area contributed by atoms with Crippen LogP contribution >= 0.6 is 0 Å². The standard InChI is InChI=1S/C21H24F2N2O2S/c1-16-5-4-8-20(11-16)28(26,27)25-15-21(22,23)12-19(25)14-24-10-9-17-6-2-3-7-18(17)13-24/h2-8,11,19H,9-10,12-15H2,1H3/t19-/m0/s1. The Labute approximate surface area is 164 Å². The Kier molecular flexibility index (Phi) is 5.02. The second-order valence-electron chi connectivity index (χ2n) is 7.83. The van der Waals surface area contributed by atoms with Crippen molar-refractivity contribution in [3.63, 3.8) is 0 Å². The molecule has 0 N–H and O–H groups in total. The molecule has 4 rings (SSSR count). The molecule has 0 aliphatic carbocycles. The number of nitrogens with zero attached hydrogens (tertiary/aromatic N) is 2. The molecule has 0 unspecified atom stereocenters. The van der Waals surface area contributed by atoms with Crippen LogP contribution in [-0.4, -0.2) is 49.2 Å². The normalized spacial score (nSPS) is 22.9. The number of hydrogen-bond donors (Lipinski definition) is 0. The predicted molar refractivity (Wildman–Crippen MR) is 104 cm³/mol. The first kappa shape index (κ1) is 19.5. The molecular formula is C21H24F2N2O2S. The zero-order chi connectivity index (χ0) is 19.9. The van der Waals surface area contributed by atoms with Crippen LogP contribution in [0.4, 0.5) is 8.78 Å². The summed E-state index contributed by atoms with van der Waals surface area (Å²) in [7, 11) is -3.97. The van der Waals surface area contributed by atoms with Crippen molar-refractivity contribution in [2.24, 2.45) is 0 Å². The van der Waals surface area contributed by atoms with Crippen LogP contribution in [0.1, 0.15) is 23.1 Å². The number of alkyl halides is 2. The highest BCUT2D eigenvalue weighted by molar-refractivity contribution is 7.89. The fraction of sp³-hybridized carbons (Fsp3) is 0.429. The topological polar surface area (TPSA) is 40.6 Å². The van der Waals surface area contributed by atoms with E-state index >= 15 is 0 Å². The number of sulfonamides is 1. The molecular weight excluding hydrogens is 382 g/mol. The first-order chi connectivity index (χ1) is 13.2. The minimum absolute atomic E-state index is 0.0826. The van der Waals surface area contributed by atoms with Crippen molar-refractivity contribution in [2.45, 2.75) is 43.2 Å². The molecule has 150 valence electrons. The molecule has 0 spiro atoms. The Morgan fingerprint density at radius 3 is 2.61 bits per heavy atom. The van der Waals surface area contributed by atoms with Crippen molar-refractivity contribution < 1.29 is 17.2 Å². The van der Waals surface area contributed by atoms with Crippen LogP contribution in [-0.2, 0) is 23.0 Å². The van der Waals surface area contributed by atoms with E-state index in [1.807, 2.05) is 18.2 Å². The van der Waals surface area contributed by atoms with Crippen molar-refractivity contribution in [2.75, 3.05) is 19.6 Å². The second kappa shape index (κ2) is 7.21. The summed E-state index contributed by atoms with van der Waals surface area (Å²) in [5.74, 6) is -3.00. The number of hydrogen-bond acceptors (Lipinski definition) is 3. The molecule has 4 nitrogen and oxygen atoms in total. The van der Waals surface area contributed by atoms with Gasteiger partial charge in [-0.05, 0) is 42.2 Å². The molecule has 2 aliphatic heterocycles. The fourth-order valence-electron chi connectivity index (χ4n) is 4.22. The SMILES string of the molecule is Cc1cccc(S(=O)(=O)N2CC(F)(F)C[C@H]2CN2CCc3ccccc3C2)c1. The first-order valence-corrected chi connectivity index (χ1v) is 10.9. The van der Waals surface area contributed by atoms with Gasteiger partial charge in [0.05, 0.1) is 11.4 Å². The third-order valence-corrected chi connectivity index (χ3v) is 7.50. The van der Waals surface area contributed by atoms with Crippen LogP contribution in [0, 0.1) is 6.92 Å². The van der Waals surface area contributed by atoms with Gasteiger partial charge in [0.15, 0.2) is 0 Å². The molecule has 7 heteroatoms. The maximum absolute atomic E-state index is 14.2. The van der Waals surface area contributed by atoms with Crippen molar-refractivity contribution >= 4 is 10.0 Å². The lowest BCUT2D eigenvalue weighted by Gasteiger charge is -2.33.